The van der Waals surface area contributed by atoms with E-state index >= 15 is 0 Å². The maximum atomic E-state index is 12.8. The van der Waals surface area contributed by atoms with E-state index in [1.807, 2.05) is 0 Å². The normalized spacial score (nSPS) is 11.8. The summed E-state index contributed by atoms with van der Waals surface area (Å²) >= 11 is 0. The summed E-state index contributed by atoms with van der Waals surface area (Å²) in [6, 6.07) is 5.43. The predicted molar refractivity (Wildman–Crippen MR) is 73.0 cm³/mol. The van der Waals surface area contributed by atoms with Gasteiger partial charge in [0.2, 0.25) is 0 Å². The molecule has 2 heterocycles. The van der Waals surface area contributed by atoms with Crippen LogP contribution in [0, 0.1) is 0 Å². The number of alkyl halides is 3. The molecule has 8 heteroatoms. The van der Waals surface area contributed by atoms with Crippen LogP contribution in [0.2, 0.25) is 0 Å². The molecule has 0 radical (unpaired) electrons. The minimum Gasteiger partial charge on any atom is -0.306 e. The third kappa shape index (κ3) is 2.28. The highest BCUT2D eigenvalue weighted by Gasteiger charge is 2.30. The summed E-state index contributed by atoms with van der Waals surface area (Å²) in [5, 5.41) is -0.216. The molecular weight excluding hydrogens is 299 g/mol. The van der Waals surface area contributed by atoms with Gasteiger partial charge in [-0.05, 0) is 30.3 Å². The Hall–Kier alpha value is -2.90. The SMILES string of the molecule is O=c1[nH]c2ccc(C(F)(F)F)cc2c(=O)n1-c1ccncc1. The van der Waals surface area contributed by atoms with Gasteiger partial charge < -0.3 is 4.98 Å². The molecule has 3 aromatic rings. The number of aromatic nitrogens is 3. The van der Waals surface area contributed by atoms with Gasteiger partial charge >= 0.3 is 11.9 Å². The van der Waals surface area contributed by atoms with Crippen molar-refractivity contribution in [3.8, 4) is 5.69 Å². The standard InChI is InChI=1S/C14H8F3N3O2/c15-14(16,17)8-1-2-11-10(7-8)12(21)20(13(22)19-11)9-3-5-18-6-4-9/h1-7H,(H,19,22). The molecule has 0 fully saturated rings. The minimum absolute atomic E-state index is 0.0494. The zero-order valence-corrected chi connectivity index (χ0v) is 10.9. The van der Waals surface area contributed by atoms with Crippen molar-refractivity contribution in [1.82, 2.24) is 14.5 Å². The lowest BCUT2D eigenvalue weighted by Crippen LogP contribution is -2.33. The molecule has 5 nitrogen and oxygen atoms in total. The summed E-state index contributed by atoms with van der Waals surface area (Å²) < 4.78 is 39.1. The van der Waals surface area contributed by atoms with Crippen LogP contribution in [0.5, 0.6) is 0 Å². The third-order valence-corrected chi connectivity index (χ3v) is 3.15. The third-order valence-electron chi connectivity index (χ3n) is 3.15. The number of hydrogen-bond acceptors (Lipinski definition) is 3. The lowest BCUT2D eigenvalue weighted by atomic mass is 10.1. The van der Waals surface area contributed by atoms with Crippen LogP contribution in [0.15, 0.2) is 52.3 Å². The van der Waals surface area contributed by atoms with E-state index in [0.29, 0.717) is 0 Å². The number of pyridine rings is 1. The first-order valence-corrected chi connectivity index (χ1v) is 6.14. The molecule has 0 spiro atoms. The molecule has 0 bridgehead atoms. The van der Waals surface area contributed by atoms with Crippen LogP contribution < -0.4 is 11.2 Å². The maximum absolute atomic E-state index is 12.8. The first-order valence-electron chi connectivity index (χ1n) is 6.14. The van der Waals surface area contributed by atoms with Crippen molar-refractivity contribution < 1.29 is 13.2 Å². The first-order chi connectivity index (χ1) is 10.4. The van der Waals surface area contributed by atoms with E-state index in [-0.39, 0.29) is 16.6 Å². The Bertz CT molecular complexity index is 959. The average Bonchev–Trinajstić information content (AvgIpc) is 2.47. The molecule has 0 atom stereocenters. The number of rotatable bonds is 1. The van der Waals surface area contributed by atoms with E-state index in [1.165, 1.54) is 24.5 Å². The molecule has 0 aliphatic carbocycles. The quantitative estimate of drug-likeness (QED) is 0.748. The van der Waals surface area contributed by atoms with E-state index in [0.717, 1.165) is 22.8 Å². The average molecular weight is 307 g/mol. The minimum atomic E-state index is -4.57. The molecule has 0 saturated carbocycles. The second-order valence-electron chi connectivity index (χ2n) is 4.53. The highest BCUT2D eigenvalue weighted by Crippen LogP contribution is 2.30. The van der Waals surface area contributed by atoms with Gasteiger partial charge in [-0.25, -0.2) is 9.36 Å². The molecular formula is C14H8F3N3O2. The predicted octanol–water partition coefficient (Wildman–Crippen LogP) is 2.09. The molecule has 2 aromatic heterocycles. The Kier molecular flexibility index (Phi) is 3.09. The van der Waals surface area contributed by atoms with E-state index in [1.54, 1.807) is 0 Å². The van der Waals surface area contributed by atoms with E-state index < -0.39 is 23.0 Å². The lowest BCUT2D eigenvalue weighted by Gasteiger charge is -2.09. The molecule has 0 unspecified atom stereocenters. The number of nitrogens with one attached hydrogen (secondary N) is 1. The zero-order valence-electron chi connectivity index (χ0n) is 10.9. The van der Waals surface area contributed by atoms with Crippen LogP contribution in [-0.4, -0.2) is 14.5 Å². The molecule has 0 amide bonds. The van der Waals surface area contributed by atoms with Crippen LogP contribution in [0.1, 0.15) is 5.56 Å². The van der Waals surface area contributed by atoms with Gasteiger partial charge in [-0.1, -0.05) is 0 Å². The van der Waals surface area contributed by atoms with E-state index in [9.17, 15) is 22.8 Å². The van der Waals surface area contributed by atoms with Crippen LogP contribution >= 0.6 is 0 Å². The van der Waals surface area contributed by atoms with E-state index in [4.69, 9.17) is 0 Å². The summed E-state index contributed by atoms with van der Waals surface area (Å²) in [5.41, 5.74) is -2.24. The summed E-state index contributed by atoms with van der Waals surface area (Å²) in [7, 11) is 0. The Morgan fingerprint density at radius 1 is 1.05 bits per heavy atom. The van der Waals surface area contributed by atoms with Crippen molar-refractivity contribution in [2.45, 2.75) is 6.18 Å². The summed E-state index contributed by atoms with van der Waals surface area (Å²) in [6.45, 7) is 0. The molecule has 1 aromatic carbocycles. The molecule has 112 valence electrons. The Morgan fingerprint density at radius 3 is 2.36 bits per heavy atom. The number of H-pyrrole nitrogens is 1. The highest BCUT2D eigenvalue weighted by molar-refractivity contribution is 5.78. The van der Waals surface area contributed by atoms with Crippen LogP contribution in [0.4, 0.5) is 13.2 Å². The lowest BCUT2D eigenvalue weighted by molar-refractivity contribution is -0.137. The second kappa shape index (κ2) is 4.83. The van der Waals surface area contributed by atoms with Gasteiger partial charge in [-0.15, -0.1) is 0 Å². The zero-order chi connectivity index (χ0) is 15.9. The van der Waals surface area contributed by atoms with Gasteiger partial charge in [-0.2, -0.15) is 13.2 Å². The van der Waals surface area contributed by atoms with Gasteiger partial charge in [0.05, 0.1) is 22.2 Å². The Labute approximate surface area is 120 Å². The summed E-state index contributed by atoms with van der Waals surface area (Å²) in [4.78, 5) is 30.5. The molecule has 0 saturated heterocycles. The maximum Gasteiger partial charge on any atom is 0.416 e. The van der Waals surface area contributed by atoms with Gasteiger partial charge in [-0.3, -0.25) is 9.78 Å². The van der Waals surface area contributed by atoms with Crippen molar-refractivity contribution in [2.24, 2.45) is 0 Å². The fraction of sp³-hybridized carbons (Fsp3) is 0.0714. The van der Waals surface area contributed by atoms with Crippen molar-refractivity contribution in [3.63, 3.8) is 0 Å². The topological polar surface area (TPSA) is 67.8 Å². The summed E-state index contributed by atoms with van der Waals surface area (Å²) in [5.74, 6) is 0. The fourth-order valence-corrected chi connectivity index (χ4v) is 2.12. The molecule has 3 rings (SSSR count). The van der Waals surface area contributed by atoms with Crippen LogP contribution in [-0.2, 0) is 6.18 Å². The van der Waals surface area contributed by atoms with Crippen LogP contribution in [0.3, 0.4) is 0 Å². The number of hydrogen-bond donors (Lipinski definition) is 1. The largest absolute Gasteiger partial charge is 0.416 e. The Balaban J connectivity index is 2.37. The molecule has 0 aliphatic rings. The van der Waals surface area contributed by atoms with Crippen molar-refractivity contribution >= 4 is 10.9 Å². The number of halogens is 3. The van der Waals surface area contributed by atoms with Gasteiger partial charge in [0.1, 0.15) is 0 Å². The van der Waals surface area contributed by atoms with Crippen molar-refractivity contribution in [2.75, 3.05) is 0 Å². The Morgan fingerprint density at radius 2 is 1.73 bits per heavy atom. The smallest absolute Gasteiger partial charge is 0.306 e. The van der Waals surface area contributed by atoms with Crippen molar-refractivity contribution in [1.29, 1.82) is 0 Å². The van der Waals surface area contributed by atoms with Gasteiger partial charge in [0, 0.05) is 12.4 Å². The molecule has 22 heavy (non-hydrogen) atoms. The highest BCUT2D eigenvalue weighted by atomic mass is 19.4. The van der Waals surface area contributed by atoms with E-state index in [2.05, 4.69) is 9.97 Å². The monoisotopic (exact) mass is 307 g/mol. The fourth-order valence-electron chi connectivity index (χ4n) is 2.12. The molecule has 0 aliphatic heterocycles. The van der Waals surface area contributed by atoms with Crippen molar-refractivity contribution in [3.05, 3.63) is 69.1 Å². The van der Waals surface area contributed by atoms with Crippen LogP contribution in [0.25, 0.3) is 16.6 Å². The first kappa shape index (κ1) is 14.1. The van der Waals surface area contributed by atoms with Gasteiger partial charge in [0.25, 0.3) is 5.56 Å². The van der Waals surface area contributed by atoms with Gasteiger partial charge in [0.15, 0.2) is 0 Å². The second-order valence-corrected chi connectivity index (χ2v) is 4.53. The number of aromatic amines is 1. The number of benzene rings is 1. The summed E-state index contributed by atoms with van der Waals surface area (Å²) in [6.07, 6.45) is -1.83. The number of nitrogens with zero attached hydrogens (tertiary/aromatic N) is 2. The molecule has 1 N–H and O–H groups in total. The number of fused-ring (bicyclic) bond motifs is 1.